The van der Waals surface area contributed by atoms with Gasteiger partial charge in [0.25, 0.3) is 0 Å². The summed E-state index contributed by atoms with van der Waals surface area (Å²) >= 11 is 0. The van der Waals surface area contributed by atoms with Crippen molar-refractivity contribution in [2.75, 3.05) is 13.2 Å². The summed E-state index contributed by atoms with van der Waals surface area (Å²) in [6, 6.07) is 0. The first kappa shape index (κ1) is 28.1. The second kappa shape index (κ2) is 36.4. The summed E-state index contributed by atoms with van der Waals surface area (Å²) in [5.41, 5.74) is 0. The smallest absolute Gasteiger partial charge is 0.303 e. The lowest BCUT2D eigenvalue weighted by Gasteiger charge is -1.97. The molecular formula is C17H36O4. The summed E-state index contributed by atoms with van der Waals surface area (Å²) in [6.45, 7) is 12.4. The van der Waals surface area contributed by atoms with Crippen molar-refractivity contribution in [1.29, 1.82) is 0 Å². The molecule has 0 aromatic rings. The number of aliphatic carboxylic acids is 1. The number of carbonyl (C=O) groups is 1. The third-order valence-corrected chi connectivity index (χ3v) is 1.84. The molecule has 0 radical (unpaired) electrons. The van der Waals surface area contributed by atoms with Gasteiger partial charge in [-0.25, -0.2) is 0 Å². The van der Waals surface area contributed by atoms with Crippen LogP contribution in [-0.2, 0) is 4.79 Å². The Morgan fingerprint density at radius 2 is 1.24 bits per heavy atom. The average molecular weight is 304 g/mol. The van der Waals surface area contributed by atoms with E-state index in [0.29, 0.717) is 6.42 Å². The average Bonchev–Trinajstić information content (AvgIpc) is 2.44. The number of hydrogen-bond donors (Lipinski definition) is 3. The highest BCUT2D eigenvalue weighted by Crippen LogP contribution is 2.06. The molecule has 128 valence electrons. The van der Waals surface area contributed by atoms with Crippen molar-refractivity contribution < 1.29 is 20.1 Å². The molecule has 0 aliphatic rings. The number of aliphatic hydroxyl groups is 2. The molecule has 21 heavy (non-hydrogen) atoms. The Bertz CT molecular complexity index is 183. The SMILES string of the molecule is C=CC.C=CC.CCCCCCCCC(=O)O.OCCO. The molecule has 0 heterocycles. The molecule has 0 unspecified atom stereocenters. The van der Waals surface area contributed by atoms with E-state index in [1.165, 1.54) is 25.7 Å². The van der Waals surface area contributed by atoms with E-state index in [2.05, 4.69) is 20.1 Å². The van der Waals surface area contributed by atoms with Gasteiger partial charge in [-0.2, -0.15) is 0 Å². The van der Waals surface area contributed by atoms with Gasteiger partial charge in [-0.3, -0.25) is 4.79 Å². The minimum atomic E-state index is -0.666. The van der Waals surface area contributed by atoms with Gasteiger partial charge in [0.1, 0.15) is 0 Å². The van der Waals surface area contributed by atoms with Crippen LogP contribution in [0.1, 0.15) is 65.7 Å². The highest BCUT2D eigenvalue weighted by atomic mass is 16.4. The Kier molecular flexibility index (Phi) is 48.7. The predicted octanol–water partition coefficient (Wildman–Crippen LogP) is 4.18. The standard InChI is InChI=1S/C9H18O2.2C3H6.C2H6O2/c1-2-3-4-5-6-7-8-9(10)11;2*1-3-2;3-1-2-4/h2-8H2,1H3,(H,10,11);2*3H,1H2,2H3;3-4H,1-2H2. The summed E-state index contributed by atoms with van der Waals surface area (Å²) in [6.07, 6.45) is 10.8. The molecule has 3 N–H and O–H groups in total. The minimum absolute atomic E-state index is 0.125. The fourth-order valence-electron chi connectivity index (χ4n) is 1.06. The van der Waals surface area contributed by atoms with Gasteiger partial charge in [0.15, 0.2) is 0 Å². The Labute approximate surface area is 131 Å². The number of carboxylic acid groups (broad SMARTS) is 1. The highest BCUT2D eigenvalue weighted by Gasteiger charge is 1.95. The summed E-state index contributed by atoms with van der Waals surface area (Å²) in [7, 11) is 0. The van der Waals surface area contributed by atoms with Gasteiger partial charge in [0, 0.05) is 6.42 Å². The molecule has 0 aliphatic carbocycles. The van der Waals surface area contributed by atoms with Crippen molar-refractivity contribution in [3.8, 4) is 0 Å². The van der Waals surface area contributed by atoms with Crippen molar-refractivity contribution in [3.05, 3.63) is 25.3 Å². The van der Waals surface area contributed by atoms with Crippen LogP contribution in [0.15, 0.2) is 25.3 Å². The highest BCUT2D eigenvalue weighted by molar-refractivity contribution is 5.66. The fraction of sp³-hybridized carbons (Fsp3) is 0.706. The van der Waals surface area contributed by atoms with Gasteiger partial charge in [0.2, 0.25) is 0 Å². The lowest BCUT2D eigenvalue weighted by atomic mass is 10.1. The Morgan fingerprint density at radius 1 is 0.905 bits per heavy atom. The zero-order valence-electron chi connectivity index (χ0n) is 14.2. The van der Waals surface area contributed by atoms with E-state index in [0.717, 1.165) is 12.8 Å². The number of hydrogen-bond acceptors (Lipinski definition) is 3. The first-order valence-corrected chi connectivity index (χ1v) is 7.59. The third kappa shape index (κ3) is 86.7. The summed E-state index contributed by atoms with van der Waals surface area (Å²) < 4.78 is 0. The van der Waals surface area contributed by atoms with Crippen LogP contribution in [0.5, 0.6) is 0 Å². The third-order valence-electron chi connectivity index (χ3n) is 1.84. The topological polar surface area (TPSA) is 77.8 Å². The van der Waals surface area contributed by atoms with Crippen LogP contribution in [0.4, 0.5) is 0 Å². The van der Waals surface area contributed by atoms with Crippen molar-refractivity contribution in [3.63, 3.8) is 0 Å². The monoisotopic (exact) mass is 304 g/mol. The number of aliphatic hydroxyl groups excluding tert-OH is 2. The molecule has 0 spiro atoms. The van der Waals surface area contributed by atoms with Crippen molar-refractivity contribution in [2.24, 2.45) is 0 Å². The molecular weight excluding hydrogens is 268 g/mol. The first-order chi connectivity index (χ1) is 10.0. The lowest BCUT2D eigenvalue weighted by molar-refractivity contribution is -0.137. The van der Waals surface area contributed by atoms with Gasteiger partial charge in [-0.05, 0) is 20.3 Å². The Hall–Kier alpha value is -1.13. The molecule has 0 aliphatic heterocycles. The zero-order chi connectivity index (χ0) is 17.4. The quantitative estimate of drug-likeness (QED) is 0.464. The van der Waals surface area contributed by atoms with Gasteiger partial charge in [-0.15, -0.1) is 13.2 Å². The van der Waals surface area contributed by atoms with Crippen molar-refractivity contribution in [1.82, 2.24) is 0 Å². The number of allylic oxidation sites excluding steroid dienone is 2. The molecule has 0 atom stereocenters. The molecule has 4 nitrogen and oxygen atoms in total. The maximum atomic E-state index is 10.1. The van der Waals surface area contributed by atoms with E-state index in [1.54, 1.807) is 12.2 Å². The van der Waals surface area contributed by atoms with Crippen LogP contribution >= 0.6 is 0 Å². The van der Waals surface area contributed by atoms with Crippen LogP contribution in [-0.4, -0.2) is 34.5 Å². The molecule has 0 saturated carbocycles. The van der Waals surface area contributed by atoms with Crippen LogP contribution < -0.4 is 0 Å². The molecule has 0 aromatic carbocycles. The van der Waals surface area contributed by atoms with E-state index >= 15 is 0 Å². The molecule has 0 saturated heterocycles. The molecule has 4 heteroatoms. The summed E-state index contributed by atoms with van der Waals surface area (Å²) in [4.78, 5) is 10.1. The number of rotatable bonds is 8. The van der Waals surface area contributed by atoms with E-state index in [-0.39, 0.29) is 13.2 Å². The van der Waals surface area contributed by atoms with Gasteiger partial charge in [0.05, 0.1) is 13.2 Å². The maximum absolute atomic E-state index is 10.1. The lowest BCUT2D eigenvalue weighted by Crippen LogP contribution is -1.93. The number of carboxylic acids is 1. The van der Waals surface area contributed by atoms with E-state index in [9.17, 15) is 4.79 Å². The zero-order valence-corrected chi connectivity index (χ0v) is 14.2. The van der Waals surface area contributed by atoms with Crippen LogP contribution in [0.3, 0.4) is 0 Å². The second-order valence-electron chi connectivity index (χ2n) is 4.18. The largest absolute Gasteiger partial charge is 0.481 e. The fourth-order valence-corrected chi connectivity index (χ4v) is 1.06. The van der Waals surface area contributed by atoms with Crippen LogP contribution in [0, 0.1) is 0 Å². The summed E-state index contributed by atoms with van der Waals surface area (Å²) in [5.74, 6) is -0.666. The first-order valence-electron chi connectivity index (χ1n) is 7.59. The van der Waals surface area contributed by atoms with Gasteiger partial charge in [-0.1, -0.05) is 51.2 Å². The molecule has 0 amide bonds. The van der Waals surface area contributed by atoms with Crippen molar-refractivity contribution in [2.45, 2.75) is 65.7 Å². The summed E-state index contributed by atoms with van der Waals surface area (Å²) in [5, 5.41) is 23.6. The maximum Gasteiger partial charge on any atom is 0.303 e. The molecule has 0 bridgehead atoms. The Balaban J connectivity index is -0.000000119. The molecule has 0 fully saturated rings. The predicted molar refractivity (Wildman–Crippen MR) is 91.5 cm³/mol. The van der Waals surface area contributed by atoms with E-state index in [4.69, 9.17) is 15.3 Å². The Morgan fingerprint density at radius 3 is 1.52 bits per heavy atom. The molecule has 0 rings (SSSR count). The minimum Gasteiger partial charge on any atom is -0.481 e. The van der Waals surface area contributed by atoms with Crippen LogP contribution in [0.2, 0.25) is 0 Å². The second-order valence-corrected chi connectivity index (χ2v) is 4.18. The molecule has 0 aromatic heterocycles. The van der Waals surface area contributed by atoms with E-state index < -0.39 is 5.97 Å². The number of unbranched alkanes of at least 4 members (excludes halogenated alkanes) is 5. The van der Waals surface area contributed by atoms with Gasteiger partial charge >= 0.3 is 5.97 Å². The van der Waals surface area contributed by atoms with Gasteiger partial charge < -0.3 is 15.3 Å². The van der Waals surface area contributed by atoms with Crippen molar-refractivity contribution >= 4 is 5.97 Å². The van der Waals surface area contributed by atoms with Crippen LogP contribution in [0.25, 0.3) is 0 Å². The normalized spacial score (nSPS) is 7.86. The van der Waals surface area contributed by atoms with E-state index in [1.807, 2.05) is 13.8 Å².